The lowest BCUT2D eigenvalue weighted by molar-refractivity contribution is 0.104. The first-order chi connectivity index (χ1) is 10.8. The van der Waals surface area contributed by atoms with E-state index in [1.165, 1.54) is 6.08 Å². The molecule has 114 valence electrons. The topological polar surface area (TPSA) is 38.3 Å². The van der Waals surface area contributed by atoms with Crippen molar-refractivity contribution in [1.82, 2.24) is 0 Å². The molecule has 0 spiro atoms. The van der Waals surface area contributed by atoms with E-state index in [0.717, 1.165) is 5.69 Å². The number of ketones is 1. The lowest BCUT2D eigenvalue weighted by atomic mass is 10.1. The Balaban J connectivity index is 1.83. The first-order valence-electron chi connectivity index (χ1n) is 7.11. The molecule has 2 aromatic carbocycles. The lowest BCUT2D eigenvalue weighted by Gasteiger charge is -2.06. The van der Waals surface area contributed by atoms with E-state index in [-0.39, 0.29) is 12.5 Å². The van der Waals surface area contributed by atoms with Gasteiger partial charge in [0.15, 0.2) is 5.78 Å². The largest absolute Gasteiger partial charge is 0.493 e. The summed E-state index contributed by atoms with van der Waals surface area (Å²) in [5.41, 5.74) is 1.49. The number of rotatable bonds is 8. The van der Waals surface area contributed by atoms with Crippen LogP contribution in [0.4, 0.5) is 10.1 Å². The van der Waals surface area contributed by atoms with Crippen LogP contribution in [0.1, 0.15) is 16.8 Å². The molecule has 0 heterocycles. The number of hydrogen-bond donors (Lipinski definition) is 1. The molecule has 0 fully saturated rings. The van der Waals surface area contributed by atoms with E-state index in [0.29, 0.717) is 24.3 Å². The molecular formula is C18H18FNO2. The first kappa shape index (κ1) is 15.8. The number of hydrogen-bond acceptors (Lipinski definition) is 3. The Labute approximate surface area is 129 Å². The monoisotopic (exact) mass is 298 g/mol. The third-order valence-corrected chi connectivity index (χ3v) is 2.94. The van der Waals surface area contributed by atoms with Crippen molar-refractivity contribution in [2.24, 2.45) is 0 Å². The Kier molecular flexibility index (Phi) is 6.18. The van der Waals surface area contributed by atoms with Gasteiger partial charge in [0.25, 0.3) is 0 Å². The summed E-state index contributed by atoms with van der Waals surface area (Å²) in [6, 6.07) is 16.3. The second kappa shape index (κ2) is 8.62. The van der Waals surface area contributed by atoms with Gasteiger partial charge in [-0.05, 0) is 24.3 Å². The van der Waals surface area contributed by atoms with Crippen molar-refractivity contribution >= 4 is 11.5 Å². The van der Waals surface area contributed by atoms with Gasteiger partial charge in [-0.15, -0.1) is 0 Å². The maximum absolute atomic E-state index is 12.0. The van der Waals surface area contributed by atoms with Crippen LogP contribution in [-0.4, -0.2) is 19.1 Å². The van der Waals surface area contributed by atoms with E-state index in [2.05, 4.69) is 5.32 Å². The molecule has 0 radical (unpaired) electrons. The summed E-state index contributed by atoms with van der Waals surface area (Å²) >= 11 is 0. The van der Waals surface area contributed by atoms with Crippen molar-refractivity contribution < 1.29 is 13.9 Å². The normalized spacial score (nSPS) is 10.6. The standard InChI is InChI=1S/C18H18FNO2/c19-12-4-14-22-17-9-7-16(8-10-17)20-13-11-18(21)15-5-2-1-3-6-15/h1-3,5-11,13,20H,4,12,14H2/b13-11+/i19-1. The molecule has 0 amide bonds. The molecule has 0 saturated carbocycles. The molecule has 1 N–H and O–H groups in total. The molecule has 0 unspecified atom stereocenters. The Hall–Kier alpha value is -2.62. The fourth-order valence-electron chi connectivity index (χ4n) is 1.80. The summed E-state index contributed by atoms with van der Waals surface area (Å²) in [6.45, 7) is -0.00533. The van der Waals surface area contributed by atoms with Crippen LogP contribution in [0.5, 0.6) is 5.75 Å². The van der Waals surface area contributed by atoms with Crippen molar-refractivity contribution in [3.05, 3.63) is 72.4 Å². The van der Waals surface area contributed by atoms with Crippen LogP contribution in [0.25, 0.3) is 0 Å². The SMILES string of the molecule is O=C(/C=C/Nc1ccc(OCCC[18F])cc1)c1ccccc1. The van der Waals surface area contributed by atoms with Gasteiger partial charge in [-0.1, -0.05) is 30.3 Å². The van der Waals surface area contributed by atoms with E-state index >= 15 is 0 Å². The second-order valence-corrected chi connectivity index (χ2v) is 4.62. The van der Waals surface area contributed by atoms with E-state index in [9.17, 15) is 9.18 Å². The van der Waals surface area contributed by atoms with Crippen molar-refractivity contribution in [3.63, 3.8) is 0 Å². The van der Waals surface area contributed by atoms with Gasteiger partial charge in [0.2, 0.25) is 0 Å². The van der Waals surface area contributed by atoms with Gasteiger partial charge < -0.3 is 10.1 Å². The number of halogens is 1. The molecular weight excluding hydrogens is 280 g/mol. The van der Waals surface area contributed by atoms with E-state index in [1.54, 1.807) is 30.5 Å². The van der Waals surface area contributed by atoms with Gasteiger partial charge >= 0.3 is 0 Å². The van der Waals surface area contributed by atoms with Crippen LogP contribution in [-0.2, 0) is 0 Å². The Morgan fingerprint density at radius 3 is 2.50 bits per heavy atom. The molecule has 0 saturated heterocycles. The number of anilines is 1. The highest BCUT2D eigenvalue weighted by molar-refractivity contribution is 6.04. The highest BCUT2D eigenvalue weighted by Crippen LogP contribution is 2.16. The third kappa shape index (κ3) is 5.05. The van der Waals surface area contributed by atoms with Gasteiger partial charge in [0, 0.05) is 29.9 Å². The number of nitrogens with one attached hydrogen (secondary N) is 1. The molecule has 2 rings (SSSR count). The highest BCUT2D eigenvalue weighted by Gasteiger charge is 1.99. The zero-order chi connectivity index (χ0) is 15.6. The van der Waals surface area contributed by atoms with Crippen molar-refractivity contribution in [2.45, 2.75) is 6.42 Å². The predicted molar refractivity (Wildman–Crippen MR) is 86.1 cm³/mol. The van der Waals surface area contributed by atoms with Crippen LogP contribution < -0.4 is 10.1 Å². The molecule has 0 aliphatic carbocycles. The predicted octanol–water partition coefficient (Wildman–Crippen LogP) is 4.23. The van der Waals surface area contributed by atoms with Crippen molar-refractivity contribution in [1.29, 1.82) is 0 Å². The van der Waals surface area contributed by atoms with Crippen molar-refractivity contribution in [2.75, 3.05) is 18.6 Å². The Morgan fingerprint density at radius 2 is 1.82 bits per heavy atom. The minimum atomic E-state index is -0.375. The quantitative estimate of drug-likeness (QED) is 0.450. The number of ether oxygens (including phenoxy) is 1. The number of alkyl halides is 1. The van der Waals surface area contributed by atoms with Gasteiger partial charge in [-0.3, -0.25) is 9.18 Å². The van der Waals surface area contributed by atoms with Crippen LogP contribution in [0, 0.1) is 0 Å². The molecule has 22 heavy (non-hydrogen) atoms. The van der Waals surface area contributed by atoms with Crippen LogP contribution in [0.15, 0.2) is 66.9 Å². The summed E-state index contributed by atoms with van der Waals surface area (Å²) in [7, 11) is 0. The summed E-state index contributed by atoms with van der Waals surface area (Å²) in [5.74, 6) is 0.641. The van der Waals surface area contributed by atoms with Crippen LogP contribution >= 0.6 is 0 Å². The average Bonchev–Trinajstić information content (AvgIpc) is 2.57. The first-order valence-corrected chi connectivity index (χ1v) is 7.11. The zero-order valence-corrected chi connectivity index (χ0v) is 12.2. The smallest absolute Gasteiger partial charge is 0.187 e. The van der Waals surface area contributed by atoms with Crippen LogP contribution in [0.2, 0.25) is 0 Å². The highest BCUT2D eigenvalue weighted by atomic mass is 18.2. The Morgan fingerprint density at radius 1 is 1.09 bits per heavy atom. The number of carbonyl (C=O) groups excluding carboxylic acids is 1. The molecule has 0 aliphatic rings. The summed E-state index contributed by atoms with van der Waals surface area (Å²) in [5, 5.41) is 3.02. The fourth-order valence-corrected chi connectivity index (χ4v) is 1.80. The van der Waals surface area contributed by atoms with E-state index in [4.69, 9.17) is 4.74 Å². The van der Waals surface area contributed by atoms with Gasteiger partial charge in [-0.2, -0.15) is 0 Å². The second-order valence-electron chi connectivity index (χ2n) is 4.62. The summed E-state index contributed by atoms with van der Waals surface area (Å²) in [6.07, 6.45) is 3.49. The third-order valence-electron chi connectivity index (χ3n) is 2.94. The molecule has 3 nitrogen and oxygen atoms in total. The number of benzene rings is 2. The molecule has 2 aromatic rings. The minimum Gasteiger partial charge on any atom is -0.493 e. The maximum Gasteiger partial charge on any atom is 0.187 e. The van der Waals surface area contributed by atoms with Gasteiger partial charge in [0.1, 0.15) is 5.75 Å². The summed E-state index contributed by atoms with van der Waals surface area (Å²) in [4.78, 5) is 11.9. The van der Waals surface area contributed by atoms with Gasteiger partial charge in [0.05, 0.1) is 13.3 Å². The zero-order valence-electron chi connectivity index (χ0n) is 12.2. The molecule has 0 bridgehead atoms. The number of allylic oxidation sites excluding steroid dienone is 1. The molecule has 0 aliphatic heterocycles. The van der Waals surface area contributed by atoms with E-state index in [1.807, 2.05) is 30.3 Å². The minimum absolute atomic E-state index is 0.0562. The average molecular weight is 298 g/mol. The Bertz CT molecular complexity index is 609. The van der Waals surface area contributed by atoms with Crippen molar-refractivity contribution in [3.8, 4) is 5.75 Å². The number of carbonyl (C=O) groups is 1. The van der Waals surface area contributed by atoms with E-state index < -0.39 is 0 Å². The molecule has 4 heteroatoms. The van der Waals surface area contributed by atoms with Gasteiger partial charge in [-0.25, -0.2) is 0 Å². The maximum atomic E-state index is 12.0. The molecule has 0 atom stereocenters. The van der Waals surface area contributed by atoms with Crippen LogP contribution in [0.3, 0.4) is 0 Å². The molecule has 0 aromatic heterocycles. The fraction of sp³-hybridized carbons (Fsp3) is 0.167. The summed E-state index contributed by atoms with van der Waals surface area (Å²) < 4.78 is 17.3. The lowest BCUT2D eigenvalue weighted by Crippen LogP contribution is -1.98.